The van der Waals surface area contributed by atoms with E-state index < -0.39 is 0 Å². The third-order valence-corrected chi connectivity index (χ3v) is 5.00. The normalized spacial score (nSPS) is 18.6. The van der Waals surface area contributed by atoms with Crippen molar-refractivity contribution in [3.05, 3.63) is 34.1 Å². The fourth-order valence-corrected chi connectivity index (χ4v) is 3.29. The quantitative estimate of drug-likeness (QED) is 0.828. The summed E-state index contributed by atoms with van der Waals surface area (Å²) < 4.78 is 14.0. The Hall–Kier alpha value is -0.880. The highest BCUT2D eigenvalue weighted by molar-refractivity contribution is 9.10. The number of carbonyl (C=O) groups is 2. The Morgan fingerprint density at radius 1 is 1.55 bits per heavy atom. The Kier molecular flexibility index (Phi) is 5.21. The van der Waals surface area contributed by atoms with Gasteiger partial charge in [-0.05, 0) is 29.7 Å². The highest BCUT2D eigenvalue weighted by atomic mass is 79.9. The largest absolute Gasteiger partial charge is 0.338 e. The van der Waals surface area contributed by atoms with Crippen LogP contribution in [0.2, 0.25) is 0 Å². The van der Waals surface area contributed by atoms with Crippen molar-refractivity contribution in [2.45, 2.75) is 19.9 Å². The summed E-state index contributed by atoms with van der Waals surface area (Å²) >= 11 is 4.63. The number of hydrogen-bond acceptors (Lipinski definition) is 3. The monoisotopic (exact) mass is 359 g/mol. The summed E-state index contributed by atoms with van der Waals surface area (Å²) in [7, 11) is 0. The molecule has 0 aliphatic carbocycles. The van der Waals surface area contributed by atoms with Gasteiger partial charge in [0, 0.05) is 36.7 Å². The molecular formula is C14H15BrFNO2S. The molecule has 108 valence electrons. The second-order valence-corrected chi connectivity index (χ2v) is 6.93. The zero-order chi connectivity index (χ0) is 14.7. The summed E-state index contributed by atoms with van der Waals surface area (Å²) in [6.07, 6.45) is 0.465. The Bertz CT molecular complexity index is 538. The van der Waals surface area contributed by atoms with Crippen molar-refractivity contribution in [2.75, 3.05) is 12.3 Å². The van der Waals surface area contributed by atoms with Crippen LogP contribution in [-0.4, -0.2) is 28.2 Å². The Balaban J connectivity index is 1.98. The first kappa shape index (κ1) is 15.5. The Morgan fingerprint density at radius 2 is 2.30 bits per heavy atom. The molecule has 0 saturated carbocycles. The molecule has 0 N–H and O–H groups in total. The fourth-order valence-electron chi connectivity index (χ4n) is 2.22. The lowest BCUT2D eigenvalue weighted by atomic mass is 10.1. The molecule has 1 aliphatic rings. The second kappa shape index (κ2) is 6.72. The number of benzene rings is 1. The van der Waals surface area contributed by atoms with E-state index >= 15 is 0 Å². The van der Waals surface area contributed by atoms with Gasteiger partial charge in [0.25, 0.3) is 0 Å². The molecule has 0 radical (unpaired) electrons. The fraction of sp³-hybridized carbons (Fsp3) is 0.429. The van der Waals surface area contributed by atoms with Gasteiger partial charge in [0.2, 0.25) is 5.91 Å². The van der Waals surface area contributed by atoms with Gasteiger partial charge < -0.3 is 4.90 Å². The molecule has 1 aromatic rings. The SMILES string of the molecule is CC(=O)SCC1CC(=O)N(Cc2cc(F)ccc2Br)C1. The van der Waals surface area contributed by atoms with E-state index in [1.807, 2.05) is 0 Å². The minimum absolute atomic E-state index is 0.0651. The van der Waals surface area contributed by atoms with Crippen LogP contribution in [0, 0.1) is 11.7 Å². The van der Waals surface area contributed by atoms with E-state index in [-0.39, 0.29) is 22.8 Å². The zero-order valence-electron chi connectivity index (χ0n) is 11.1. The number of rotatable bonds is 4. The van der Waals surface area contributed by atoms with Gasteiger partial charge in [0.05, 0.1) is 0 Å². The summed E-state index contributed by atoms with van der Waals surface area (Å²) in [6.45, 7) is 2.56. The smallest absolute Gasteiger partial charge is 0.223 e. The van der Waals surface area contributed by atoms with E-state index in [0.717, 1.165) is 10.0 Å². The number of nitrogens with zero attached hydrogens (tertiary/aromatic N) is 1. The number of amides is 1. The molecule has 1 heterocycles. The van der Waals surface area contributed by atoms with E-state index in [9.17, 15) is 14.0 Å². The Morgan fingerprint density at radius 3 is 3.00 bits per heavy atom. The minimum Gasteiger partial charge on any atom is -0.338 e. The molecule has 1 fully saturated rings. The molecule has 1 aliphatic heterocycles. The molecule has 6 heteroatoms. The van der Waals surface area contributed by atoms with Crippen molar-refractivity contribution in [2.24, 2.45) is 5.92 Å². The van der Waals surface area contributed by atoms with Gasteiger partial charge in [-0.1, -0.05) is 27.7 Å². The van der Waals surface area contributed by atoms with Crippen molar-refractivity contribution >= 4 is 38.7 Å². The Labute approximate surface area is 130 Å². The lowest BCUT2D eigenvalue weighted by molar-refractivity contribution is -0.128. The zero-order valence-corrected chi connectivity index (χ0v) is 13.5. The molecular weight excluding hydrogens is 345 g/mol. The van der Waals surface area contributed by atoms with Crippen LogP contribution in [-0.2, 0) is 16.1 Å². The van der Waals surface area contributed by atoms with Gasteiger partial charge in [-0.2, -0.15) is 0 Å². The number of likely N-dealkylation sites (tertiary alicyclic amines) is 1. The van der Waals surface area contributed by atoms with E-state index in [1.165, 1.54) is 30.8 Å². The maximum Gasteiger partial charge on any atom is 0.223 e. The van der Waals surface area contributed by atoms with Gasteiger partial charge >= 0.3 is 0 Å². The molecule has 1 atom stereocenters. The van der Waals surface area contributed by atoms with Crippen LogP contribution in [0.15, 0.2) is 22.7 Å². The van der Waals surface area contributed by atoms with Crippen molar-refractivity contribution in [3.63, 3.8) is 0 Å². The molecule has 1 unspecified atom stereocenters. The average Bonchev–Trinajstić information content (AvgIpc) is 2.72. The summed E-state index contributed by atoms with van der Waals surface area (Å²) in [5.74, 6) is 0.625. The summed E-state index contributed by atoms with van der Waals surface area (Å²) in [6, 6.07) is 4.47. The minimum atomic E-state index is -0.307. The second-order valence-electron chi connectivity index (χ2n) is 4.88. The van der Waals surface area contributed by atoms with E-state index in [0.29, 0.717) is 25.3 Å². The van der Waals surface area contributed by atoms with Gasteiger partial charge in [0.15, 0.2) is 5.12 Å². The number of carbonyl (C=O) groups excluding carboxylic acids is 2. The number of hydrogen-bond donors (Lipinski definition) is 0. The van der Waals surface area contributed by atoms with Crippen molar-refractivity contribution in [1.29, 1.82) is 0 Å². The highest BCUT2D eigenvalue weighted by Crippen LogP contribution is 2.26. The molecule has 2 rings (SSSR count). The van der Waals surface area contributed by atoms with Crippen LogP contribution >= 0.6 is 27.7 Å². The third-order valence-electron chi connectivity index (χ3n) is 3.19. The molecule has 0 bridgehead atoms. The lowest BCUT2D eigenvalue weighted by Gasteiger charge is -2.17. The molecule has 3 nitrogen and oxygen atoms in total. The van der Waals surface area contributed by atoms with Crippen LogP contribution in [0.5, 0.6) is 0 Å². The summed E-state index contributed by atoms with van der Waals surface area (Å²) in [5.41, 5.74) is 0.762. The molecule has 1 amide bonds. The molecule has 0 aromatic heterocycles. The topological polar surface area (TPSA) is 37.4 Å². The summed E-state index contributed by atoms with van der Waals surface area (Å²) in [5, 5.41) is 0.0729. The molecule has 0 spiro atoms. The first-order valence-electron chi connectivity index (χ1n) is 6.30. The van der Waals surface area contributed by atoms with E-state index in [1.54, 1.807) is 11.0 Å². The van der Waals surface area contributed by atoms with Crippen LogP contribution in [0.1, 0.15) is 18.9 Å². The molecule has 1 saturated heterocycles. The molecule has 20 heavy (non-hydrogen) atoms. The average molecular weight is 360 g/mol. The van der Waals surface area contributed by atoms with Crippen molar-refractivity contribution < 1.29 is 14.0 Å². The van der Waals surface area contributed by atoms with Gasteiger partial charge in [-0.15, -0.1) is 0 Å². The van der Waals surface area contributed by atoms with Crippen LogP contribution in [0.3, 0.4) is 0 Å². The van der Waals surface area contributed by atoms with E-state index in [4.69, 9.17) is 0 Å². The third kappa shape index (κ3) is 4.06. The number of thioether (sulfide) groups is 1. The predicted molar refractivity (Wildman–Crippen MR) is 80.8 cm³/mol. The van der Waals surface area contributed by atoms with Crippen molar-refractivity contribution in [1.82, 2.24) is 4.90 Å². The predicted octanol–water partition coefficient (Wildman–Crippen LogP) is 3.22. The molecule has 1 aromatic carbocycles. The first-order valence-corrected chi connectivity index (χ1v) is 8.08. The maximum absolute atomic E-state index is 13.2. The highest BCUT2D eigenvalue weighted by Gasteiger charge is 2.30. The van der Waals surface area contributed by atoms with Gasteiger partial charge in [-0.3, -0.25) is 9.59 Å². The van der Waals surface area contributed by atoms with Crippen molar-refractivity contribution in [3.8, 4) is 0 Å². The van der Waals surface area contributed by atoms with Crippen LogP contribution in [0.25, 0.3) is 0 Å². The maximum atomic E-state index is 13.2. The first-order chi connectivity index (χ1) is 9.45. The van der Waals surface area contributed by atoms with Gasteiger partial charge in [0.1, 0.15) is 5.82 Å². The lowest BCUT2D eigenvalue weighted by Crippen LogP contribution is -2.25. The van der Waals surface area contributed by atoms with Crippen LogP contribution < -0.4 is 0 Å². The number of halogens is 2. The summed E-state index contributed by atoms with van der Waals surface area (Å²) in [4.78, 5) is 24.6. The van der Waals surface area contributed by atoms with Crippen LogP contribution in [0.4, 0.5) is 4.39 Å². The van der Waals surface area contributed by atoms with Gasteiger partial charge in [-0.25, -0.2) is 4.39 Å². The van der Waals surface area contributed by atoms with E-state index in [2.05, 4.69) is 15.9 Å². The standard InChI is InChI=1S/C14H15BrFNO2S/c1-9(18)20-8-10-4-14(19)17(6-10)7-11-5-12(16)2-3-13(11)15/h2-3,5,10H,4,6-8H2,1H3.